The number of Topliss-reactive ketones (excluding diaryl/α,β-unsaturated/α-hetero) is 1. The van der Waals surface area contributed by atoms with E-state index in [1.807, 2.05) is 6.92 Å². The van der Waals surface area contributed by atoms with Crippen molar-refractivity contribution in [2.45, 2.75) is 26.2 Å². The lowest BCUT2D eigenvalue weighted by Gasteiger charge is -2.23. The maximum Gasteiger partial charge on any atom is 0.169 e. The number of carbonyl (C=O) groups is 1. The van der Waals surface area contributed by atoms with E-state index in [0.717, 1.165) is 37.9 Å². The van der Waals surface area contributed by atoms with Gasteiger partial charge in [-0.2, -0.15) is 0 Å². The minimum Gasteiger partial charge on any atom is -0.317 e. The van der Waals surface area contributed by atoms with E-state index in [2.05, 4.69) is 5.32 Å². The molecule has 0 aromatic heterocycles. The summed E-state index contributed by atoms with van der Waals surface area (Å²) in [4.78, 5) is 12.4. The third-order valence-electron chi connectivity index (χ3n) is 4.49. The summed E-state index contributed by atoms with van der Waals surface area (Å²) in [6.07, 6.45) is 3.05. The minimum absolute atomic E-state index is 0.0121. The molecule has 1 aliphatic heterocycles. The van der Waals surface area contributed by atoms with Crippen LogP contribution in [-0.4, -0.2) is 18.9 Å². The number of hydrogen-bond acceptors (Lipinski definition) is 2. The van der Waals surface area contributed by atoms with Gasteiger partial charge in [-0.3, -0.25) is 4.79 Å². The average molecular weight is 247 g/mol. The van der Waals surface area contributed by atoms with Crippen LogP contribution in [0.25, 0.3) is 0 Å². The zero-order valence-electron chi connectivity index (χ0n) is 10.6. The fraction of sp³-hybridized carbons (Fsp3) is 0.533. The van der Waals surface area contributed by atoms with Gasteiger partial charge < -0.3 is 5.32 Å². The second kappa shape index (κ2) is 4.16. The molecule has 0 radical (unpaired) electrons. The molecule has 2 fully saturated rings. The number of aryl methyl sites for hydroxylation is 1. The highest BCUT2D eigenvalue weighted by molar-refractivity contribution is 6.00. The van der Waals surface area contributed by atoms with Gasteiger partial charge in [-0.15, -0.1) is 0 Å². The van der Waals surface area contributed by atoms with Crippen LogP contribution in [-0.2, 0) is 0 Å². The van der Waals surface area contributed by atoms with Crippen molar-refractivity contribution in [2.24, 2.45) is 11.3 Å². The molecular weight excluding hydrogens is 229 g/mol. The molecule has 1 heterocycles. The van der Waals surface area contributed by atoms with Crippen LogP contribution >= 0.6 is 0 Å². The van der Waals surface area contributed by atoms with E-state index >= 15 is 0 Å². The summed E-state index contributed by atoms with van der Waals surface area (Å²) >= 11 is 0. The largest absolute Gasteiger partial charge is 0.317 e. The van der Waals surface area contributed by atoms with Crippen LogP contribution in [0.4, 0.5) is 4.39 Å². The van der Waals surface area contributed by atoms with E-state index in [4.69, 9.17) is 0 Å². The van der Waals surface area contributed by atoms with Crippen LogP contribution in [0, 0.1) is 24.1 Å². The van der Waals surface area contributed by atoms with Crippen molar-refractivity contribution in [2.75, 3.05) is 13.1 Å². The molecule has 1 aromatic carbocycles. The fourth-order valence-electron chi connectivity index (χ4n) is 3.21. The highest BCUT2D eigenvalue weighted by atomic mass is 19.1. The second-order valence-corrected chi connectivity index (χ2v) is 5.72. The predicted molar refractivity (Wildman–Crippen MR) is 68.1 cm³/mol. The van der Waals surface area contributed by atoms with Crippen LogP contribution in [0.5, 0.6) is 0 Å². The summed E-state index contributed by atoms with van der Waals surface area (Å²) in [6.45, 7) is 3.86. The molecule has 1 saturated heterocycles. The molecular formula is C15H18FNO. The molecule has 2 nitrogen and oxygen atoms in total. The van der Waals surface area contributed by atoms with Crippen LogP contribution in [0.15, 0.2) is 18.2 Å². The van der Waals surface area contributed by atoms with Gasteiger partial charge >= 0.3 is 0 Å². The Morgan fingerprint density at radius 3 is 2.83 bits per heavy atom. The highest BCUT2D eigenvalue weighted by Crippen LogP contribution is 2.59. The maximum absolute atomic E-state index is 13.7. The summed E-state index contributed by atoms with van der Waals surface area (Å²) in [5.41, 5.74) is 1.41. The Balaban J connectivity index is 1.82. The number of halogens is 1. The SMILES string of the molecule is Cc1ccc(F)c(C(=O)C2CC23CCNCC3)c1. The summed E-state index contributed by atoms with van der Waals surface area (Å²) in [5, 5.41) is 3.31. The van der Waals surface area contributed by atoms with Gasteiger partial charge in [0, 0.05) is 5.92 Å². The van der Waals surface area contributed by atoms with Crippen LogP contribution < -0.4 is 5.32 Å². The molecule has 1 aliphatic carbocycles. The summed E-state index contributed by atoms with van der Waals surface area (Å²) in [7, 11) is 0. The number of benzene rings is 1. The zero-order chi connectivity index (χ0) is 12.8. The van der Waals surface area contributed by atoms with E-state index in [9.17, 15) is 9.18 Å². The predicted octanol–water partition coefficient (Wildman–Crippen LogP) is 2.71. The Hall–Kier alpha value is -1.22. The number of hydrogen-bond donors (Lipinski definition) is 1. The number of rotatable bonds is 2. The lowest BCUT2D eigenvalue weighted by atomic mass is 9.89. The summed E-state index contributed by atoms with van der Waals surface area (Å²) < 4.78 is 13.7. The standard InChI is InChI=1S/C15H18FNO/c1-10-2-3-13(16)11(8-10)14(18)12-9-15(12)4-6-17-7-5-15/h2-3,8,12,17H,4-7,9H2,1H3. The molecule has 1 unspecified atom stereocenters. The molecule has 96 valence electrons. The van der Waals surface area contributed by atoms with E-state index in [1.54, 1.807) is 12.1 Å². The van der Waals surface area contributed by atoms with Crippen LogP contribution in [0.3, 0.4) is 0 Å². The number of nitrogens with one attached hydrogen (secondary N) is 1. The molecule has 3 rings (SSSR count). The van der Waals surface area contributed by atoms with E-state index in [0.29, 0.717) is 0 Å². The van der Waals surface area contributed by atoms with Crippen LogP contribution in [0.1, 0.15) is 35.2 Å². The first-order valence-corrected chi connectivity index (χ1v) is 6.63. The molecule has 3 heteroatoms. The molecule has 1 atom stereocenters. The monoisotopic (exact) mass is 247 g/mol. The normalized spacial score (nSPS) is 25.1. The van der Waals surface area contributed by atoms with E-state index < -0.39 is 0 Å². The van der Waals surface area contributed by atoms with E-state index in [-0.39, 0.29) is 28.5 Å². The Kier molecular flexibility index (Phi) is 2.74. The third kappa shape index (κ3) is 1.87. The van der Waals surface area contributed by atoms with Crippen molar-refractivity contribution in [3.63, 3.8) is 0 Å². The van der Waals surface area contributed by atoms with Gasteiger partial charge in [-0.05, 0) is 56.8 Å². The van der Waals surface area contributed by atoms with E-state index in [1.165, 1.54) is 6.07 Å². The van der Waals surface area contributed by atoms with Crippen molar-refractivity contribution >= 4 is 5.78 Å². The fourth-order valence-corrected chi connectivity index (χ4v) is 3.21. The number of carbonyl (C=O) groups excluding carboxylic acids is 1. The first-order valence-electron chi connectivity index (χ1n) is 6.63. The Morgan fingerprint density at radius 1 is 1.39 bits per heavy atom. The van der Waals surface area contributed by atoms with Gasteiger partial charge in [0.1, 0.15) is 5.82 Å². The highest BCUT2D eigenvalue weighted by Gasteiger charge is 2.57. The lowest BCUT2D eigenvalue weighted by Crippen LogP contribution is -2.30. The summed E-state index contributed by atoms with van der Waals surface area (Å²) in [5.74, 6) is -0.310. The van der Waals surface area contributed by atoms with Gasteiger partial charge in [-0.1, -0.05) is 11.6 Å². The van der Waals surface area contributed by atoms with Gasteiger partial charge in [0.15, 0.2) is 5.78 Å². The molecule has 0 bridgehead atoms. The van der Waals surface area contributed by atoms with Crippen LogP contribution in [0.2, 0.25) is 0 Å². The van der Waals surface area contributed by atoms with Gasteiger partial charge in [-0.25, -0.2) is 4.39 Å². The first kappa shape index (κ1) is 11.8. The molecule has 2 aliphatic rings. The average Bonchev–Trinajstić information content (AvgIpc) is 3.06. The Labute approximate surface area is 107 Å². The van der Waals surface area contributed by atoms with Crippen molar-refractivity contribution in [1.82, 2.24) is 5.32 Å². The quantitative estimate of drug-likeness (QED) is 0.814. The van der Waals surface area contributed by atoms with Gasteiger partial charge in [0.05, 0.1) is 5.56 Å². The zero-order valence-corrected chi connectivity index (χ0v) is 10.6. The van der Waals surface area contributed by atoms with Crippen molar-refractivity contribution in [1.29, 1.82) is 0 Å². The van der Waals surface area contributed by atoms with Crippen molar-refractivity contribution in [3.8, 4) is 0 Å². The summed E-state index contributed by atoms with van der Waals surface area (Å²) in [6, 6.07) is 4.80. The molecule has 1 N–H and O–H groups in total. The maximum atomic E-state index is 13.7. The third-order valence-corrected chi connectivity index (χ3v) is 4.49. The van der Waals surface area contributed by atoms with Crippen molar-refractivity contribution in [3.05, 3.63) is 35.1 Å². The smallest absolute Gasteiger partial charge is 0.169 e. The minimum atomic E-state index is -0.374. The van der Waals surface area contributed by atoms with Gasteiger partial charge in [0.25, 0.3) is 0 Å². The Bertz CT molecular complexity index is 491. The molecule has 1 spiro atoms. The van der Waals surface area contributed by atoms with Gasteiger partial charge in [0.2, 0.25) is 0 Å². The van der Waals surface area contributed by atoms with Crippen molar-refractivity contribution < 1.29 is 9.18 Å². The molecule has 18 heavy (non-hydrogen) atoms. The lowest BCUT2D eigenvalue weighted by molar-refractivity contribution is 0.0936. The number of ketones is 1. The molecule has 1 aromatic rings. The molecule has 0 amide bonds. The number of piperidine rings is 1. The second-order valence-electron chi connectivity index (χ2n) is 5.72. The Morgan fingerprint density at radius 2 is 2.11 bits per heavy atom. The topological polar surface area (TPSA) is 29.1 Å². The molecule has 1 saturated carbocycles. The first-order chi connectivity index (χ1) is 8.62.